The van der Waals surface area contributed by atoms with Crippen molar-refractivity contribution in [2.45, 2.75) is 11.1 Å². The molecule has 4 aromatic rings. The number of thiophene rings is 1. The maximum Gasteiger partial charge on any atom is 0.128 e. The third-order valence-corrected chi connectivity index (χ3v) is 6.19. The van der Waals surface area contributed by atoms with E-state index >= 15 is 0 Å². The summed E-state index contributed by atoms with van der Waals surface area (Å²) in [5, 5.41) is 12.2. The van der Waals surface area contributed by atoms with E-state index in [1.165, 1.54) is 22.2 Å². The maximum atomic E-state index is 10.2. The SMILES string of the molecule is O[C@@H](COc1ccccc1)CSc1ncnc2sc(-c3ccccc3)cc12. The zero-order chi connectivity index (χ0) is 18.5. The number of aliphatic hydroxyl groups excluding tert-OH is 1. The first-order valence-electron chi connectivity index (χ1n) is 8.58. The van der Waals surface area contributed by atoms with Crippen LogP contribution in [0.15, 0.2) is 78.1 Å². The minimum atomic E-state index is -0.576. The molecule has 0 aliphatic heterocycles. The number of rotatable bonds is 7. The number of benzene rings is 2. The Morgan fingerprint density at radius 3 is 2.52 bits per heavy atom. The molecule has 0 radical (unpaired) electrons. The number of nitrogens with zero attached hydrogens (tertiary/aromatic N) is 2. The van der Waals surface area contributed by atoms with Gasteiger partial charge < -0.3 is 9.84 Å². The van der Waals surface area contributed by atoms with E-state index in [0.717, 1.165) is 21.0 Å². The van der Waals surface area contributed by atoms with Gasteiger partial charge in [0.1, 0.15) is 28.5 Å². The molecule has 6 heteroatoms. The lowest BCUT2D eigenvalue weighted by Gasteiger charge is -2.12. The van der Waals surface area contributed by atoms with Crippen LogP contribution in [-0.4, -0.2) is 33.5 Å². The molecule has 4 nitrogen and oxygen atoms in total. The van der Waals surface area contributed by atoms with Gasteiger partial charge in [0.2, 0.25) is 0 Å². The van der Waals surface area contributed by atoms with Crippen LogP contribution < -0.4 is 4.74 Å². The highest BCUT2D eigenvalue weighted by molar-refractivity contribution is 7.99. The molecule has 2 aromatic carbocycles. The van der Waals surface area contributed by atoms with E-state index < -0.39 is 6.10 Å². The summed E-state index contributed by atoms with van der Waals surface area (Å²) in [5.74, 6) is 1.27. The van der Waals surface area contributed by atoms with Gasteiger partial charge in [0.15, 0.2) is 0 Å². The lowest BCUT2D eigenvalue weighted by molar-refractivity contribution is 0.126. The molecule has 2 aromatic heterocycles. The Bertz CT molecular complexity index is 1010. The first kappa shape index (κ1) is 18.0. The number of para-hydroxylation sites is 1. The van der Waals surface area contributed by atoms with Crippen molar-refractivity contribution >= 4 is 33.3 Å². The summed E-state index contributed by atoms with van der Waals surface area (Å²) in [6.07, 6.45) is 1.01. The second-order valence-electron chi connectivity index (χ2n) is 5.96. The third kappa shape index (κ3) is 4.47. The van der Waals surface area contributed by atoms with Gasteiger partial charge in [-0.15, -0.1) is 23.1 Å². The zero-order valence-electron chi connectivity index (χ0n) is 14.5. The highest BCUT2D eigenvalue weighted by Crippen LogP contribution is 2.36. The van der Waals surface area contributed by atoms with Crippen LogP contribution in [0.2, 0.25) is 0 Å². The van der Waals surface area contributed by atoms with Crippen molar-refractivity contribution in [3.8, 4) is 16.2 Å². The van der Waals surface area contributed by atoms with Crippen LogP contribution in [0.4, 0.5) is 0 Å². The normalized spacial score (nSPS) is 12.2. The summed E-state index contributed by atoms with van der Waals surface area (Å²) in [7, 11) is 0. The van der Waals surface area contributed by atoms with Gasteiger partial charge in [-0.2, -0.15) is 0 Å². The average Bonchev–Trinajstić information content (AvgIpc) is 3.17. The molecule has 27 heavy (non-hydrogen) atoms. The molecule has 4 rings (SSSR count). The van der Waals surface area contributed by atoms with Gasteiger partial charge in [-0.3, -0.25) is 0 Å². The Morgan fingerprint density at radius 2 is 1.74 bits per heavy atom. The van der Waals surface area contributed by atoms with E-state index in [2.05, 4.69) is 28.2 Å². The summed E-state index contributed by atoms with van der Waals surface area (Å²) in [5.41, 5.74) is 1.17. The first-order chi connectivity index (χ1) is 13.3. The van der Waals surface area contributed by atoms with Crippen molar-refractivity contribution in [2.24, 2.45) is 0 Å². The molecule has 0 unspecified atom stereocenters. The molecule has 136 valence electrons. The molecule has 1 N–H and O–H groups in total. The fraction of sp³-hybridized carbons (Fsp3) is 0.143. The lowest BCUT2D eigenvalue weighted by atomic mass is 10.2. The second-order valence-corrected chi connectivity index (χ2v) is 8.00. The molecule has 0 fully saturated rings. The number of aliphatic hydroxyl groups is 1. The van der Waals surface area contributed by atoms with Crippen molar-refractivity contribution in [2.75, 3.05) is 12.4 Å². The Labute approximate surface area is 165 Å². The number of ether oxygens (including phenoxy) is 1. The van der Waals surface area contributed by atoms with E-state index in [9.17, 15) is 5.11 Å². The fourth-order valence-electron chi connectivity index (χ4n) is 2.63. The molecule has 0 saturated carbocycles. The molecule has 0 aliphatic rings. The molecule has 0 spiro atoms. The van der Waals surface area contributed by atoms with Gasteiger partial charge >= 0.3 is 0 Å². The summed E-state index contributed by atoms with van der Waals surface area (Å²) in [4.78, 5) is 10.9. The third-order valence-electron chi connectivity index (χ3n) is 3.95. The first-order valence-corrected chi connectivity index (χ1v) is 10.4. The summed E-state index contributed by atoms with van der Waals surface area (Å²) >= 11 is 3.18. The minimum Gasteiger partial charge on any atom is -0.491 e. The van der Waals surface area contributed by atoms with Crippen LogP contribution in [0, 0.1) is 0 Å². The summed E-state index contributed by atoms with van der Waals surface area (Å²) in [6.45, 7) is 0.254. The molecule has 0 bridgehead atoms. The number of hydrogen-bond donors (Lipinski definition) is 1. The smallest absolute Gasteiger partial charge is 0.128 e. The van der Waals surface area contributed by atoms with E-state index in [0.29, 0.717) is 5.75 Å². The van der Waals surface area contributed by atoms with E-state index in [4.69, 9.17) is 4.74 Å². The number of aromatic nitrogens is 2. The van der Waals surface area contributed by atoms with Crippen LogP contribution in [0.1, 0.15) is 0 Å². The molecule has 0 aliphatic carbocycles. The minimum absolute atomic E-state index is 0.254. The molecule has 0 amide bonds. The topological polar surface area (TPSA) is 55.2 Å². The maximum absolute atomic E-state index is 10.2. The zero-order valence-corrected chi connectivity index (χ0v) is 16.1. The van der Waals surface area contributed by atoms with Gasteiger partial charge in [0.25, 0.3) is 0 Å². The Kier molecular flexibility index (Phi) is 5.67. The molecule has 2 heterocycles. The average molecular weight is 395 g/mol. The molecular formula is C21H18N2O2S2. The van der Waals surface area contributed by atoms with Gasteiger partial charge in [0, 0.05) is 16.0 Å². The van der Waals surface area contributed by atoms with Crippen molar-refractivity contribution in [1.82, 2.24) is 9.97 Å². The van der Waals surface area contributed by atoms with E-state index in [1.807, 2.05) is 48.5 Å². The van der Waals surface area contributed by atoms with Crippen molar-refractivity contribution in [1.29, 1.82) is 0 Å². The van der Waals surface area contributed by atoms with Crippen LogP contribution in [0.3, 0.4) is 0 Å². The Hall–Kier alpha value is -2.41. The summed E-state index contributed by atoms with van der Waals surface area (Å²) in [6, 6.07) is 21.9. The molecule has 1 atom stereocenters. The van der Waals surface area contributed by atoms with Gasteiger partial charge in [-0.25, -0.2) is 9.97 Å². The van der Waals surface area contributed by atoms with Crippen LogP contribution >= 0.6 is 23.1 Å². The van der Waals surface area contributed by atoms with E-state index in [-0.39, 0.29) is 6.61 Å². The fourth-order valence-corrected chi connectivity index (χ4v) is 4.57. The van der Waals surface area contributed by atoms with Gasteiger partial charge in [-0.1, -0.05) is 48.5 Å². The standard InChI is InChI=1S/C21H18N2O2S2/c24-16(12-25-17-9-5-2-6-10-17)13-26-20-18-11-19(15-7-3-1-4-8-15)27-21(18)23-14-22-20/h1-11,14,16,24H,12-13H2/t16-/m0/s1. The van der Waals surface area contributed by atoms with Crippen LogP contribution in [-0.2, 0) is 0 Å². The van der Waals surface area contributed by atoms with Gasteiger partial charge in [-0.05, 0) is 23.8 Å². The largest absolute Gasteiger partial charge is 0.491 e. The van der Waals surface area contributed by atoms with Crippen LogP contribution in [0.5, 0.6) is 5.75 Å². The van der Waals surface area contributed by atoms with Crippen molar-refractivity contribution < 1.29 is 9.84 Å². The Balaban J connectivity index is 1.43. The monoisotopic (exact) mass is 394 g/mol. The molecular weight excluding hydrogens is 376 g/mol. The van der Waals surface area contributed by atoms with Crippen molar-refractivity contribution in [3.63, 3.8) is 0 Å². The van der Waals surface area contributed by atoms with Crippen molar-refractivity contribution in [3.05, 3.63) is 73.1 Å². The lowest BCUT2D eigenvalue weighted by Crippen LogP contribution is -2.20. The van der Waals surface area contributed by atoms with E-state index in [1.54, 1.807) is 17.7 Å². The van der Waals surface area contributed by atoms with Gasteiger partial charge in [0.05, 0.1) is 6.10 Å². The summed E-state index contributed by atoms with van der Waals surface area (Å²) < 4.78 is 5.61. The quantitative estimate of drug-likeness (QED) is 0.357. The predicted octanol–water partition coefficient (Wildman–Crippen LogP) is 4.89. The Morgan fingerprint density at radius 1 is 1.00 bits per heavy atom. The number of thioether (sulfide) groups is 1. The molecule has 0 saturated heterocycles. The highest BCUT2D eigenvalue weighted by Gasteiger charge is 2.13. The van der Waals surface area contributed by atoms with Crippen LogP contribution in [0.25, 0.3) is 20.7 Å². The highest BCUT2D eigenvalue weighted by atomic mass is 32.2. The second kappa shape index (κ2) is 8.52. The number of fused-ring (bicyclic) bond motifs is 1. The predicted molar refractivity (Wildman–Crippen MR) is 112 cm³/mol. The number of hydrogen-bond acceptors (Lipinski definition) is 6.